The van der Waals surface area contributed by atoms with Crippen LogP contribution in [0.15, 0.2) is 22.6 Å². The van der Waals surface area contributed by atoms with Gasteiger partial charge in [0.15, 0.2) is 11.5 Å². The minimum atomic E-state index is -4.82. The molecule has 0 saturated carbocycles. The van der Waals surface area contributed by atoms with Gasteiger partial charge in [0.1, 0.15) is 12.6 Å². The van der Waals surface area contributed by atoms with Gasteiger partial charge in [-0.15, -0.1) is 27.1 Å². The molecule has 36 heavy (non-hydrogen) atoms. The standard InChI is InChI=1S/C19H17F5N4O8/c20-18(21,22)33-6-5-32-16-27-26-15(34-16)11-3-2-10(8-28(11)17(30)31)25-14(29)9-1-4-12-13(7-9)36-19(23,24)35-12/h1,4,7,10-11H,2-3,5-6,8H2,(H,25,29)(H,30,31)/t10-,11+/m0/s1. The first kappa shape index (κ1) is 25.2. The molecule has 4 rings (SSSR count). The van der Waals surface area contributed by atoms with E-state index in [2.05, 4.69) is 29.7 Å². The maximum atomic E-state index is 13.2. The Labute approximate surface area is 197 Å². The lowest BCUT2D eigenvalue weighted by molar-refractivity contribution is -0.325. The summed E-state index contributed by atoms with van der Waals surface area (Å²) in [5.74, 6) is -1.35. The van der Waals surface area contributed by atoms with Crippen LogP contribution in [0.1, 0.15) is 35.1 Å². The molecule has 1 aromatic carbocycles. The number of aromatic nitrogens is 2. The average molecular weight is 524 g/mol. The Kier molecular flexibility index (Phi) is 6.75. The van der Waals surface area contributed by atoms with E-state index in [1.165, 1.54) is 6.07 Å². The summed E-state index contributed by atoms with van der Waals surface area (Å²) in [4.78, 5) is 25.3. The van der Waals surface area contributed by atoms with Crippen molar-refractivity contribution in [2.45, 2.75) is 37.6 Å². The minimum Gasteiger partial charge on any atom is -0.465 e. The summed E-state index contributed by atoms with van der Waals surface area (Å²) in [6.45, 7) is -1.54. The molecule has 1 aromatic heterocycles. The van der Waals surface area contributed by atoms with Crippen molar-refractivity contribution in [1.29, 1.82) is 0 Å². The lowest BCUT2D eigenvalue weighted by atomic mass is 9.98. The van der Waals surface area contributed by atoms with E-state index >= 15 is 0 Å². The van der Waals surface area contributed by atoms with Crippen LogP contribution in [0, 0.1) is 0 Å². The Morgan fingerprint density at radius 3 is 2.64 bits per heavy atom. The number of hydrogen-bond donors (Lipinski definition) is 2. The fourth-order valence-corrected chi connectivity index (χ4v) is 3.62. The van der Waals surface area contributed by atoms with Crippen LogP contribution < -0.4 is 19.5 Å². The Morgan fingerprint density at radius 1 is 1.17 bits per heavy atom. The zero-order valence-corrected chi connectivity index (χ0v) is 18.0. The molecular weight excluding hydrogens is 507 g/mol. The SMILES string of the molecule is O=C(N[C@H]1CC[C@H](c2nnc(OCCOC(F)(F)F)o2)N(C(=O)O)C1)c1ccc2c(c1)OC(F)(F)O2. The zero-order chi connectivity index (χ0) is 26.1. The van der Waals surface area contributed by atoms with Gasteiger partial charge >= 0.3 is 24.8 Å². The van der Waals surface area contributed by atoms with Gasteiger partial charge in [-0.2, -0.15) is 0 Å². The second-order valence-corrected chi connectivity index (χ2v) is 7.58. The van der Waals surface area contributed by atoms with Crippen molar-refractivity contribution in [3.05, 3.63) is 29.7 Å². The number of fused-ring (bicyclic) bond motifs is 1. The normalized spacial score (nSPS) is 20.8. The second kappa shape index (κ2) is 9.63. The zero-order valence-electron chi connectivity index (χ0n) is 18.0. The van der Waals surface area contributed by atoms with Gasteiger partial charge in [-0.05, 0) is 31.0 Å². The van der Waals surface area contributed by atoms with Gasteiger partial charge in [0.25, 0.3) is 5.91 Å². The maximum absolute atomic E-state index is 13.2. The van der Waals surface area contributed by atoms with E-state index in [0.29, 0.717) is 0 Å². The van der Waals surface area contributed by atoms with Crippen molar-refractivity contribution in [2.75, 3.05) is 19.8 Å². The maximum Gasteiger partial charge on any atom is 0.586 e. The van der Waals surface area contributed by atoms with E-state index in [0.717, 1.165) is 17.0 Å². The number of halogens is 5. The molecule has 1 fully saturated rings. The molecule has 3 heterocycles. The highest BCUT2D eigenvalue weighted by Crippen LogP contribution is 2.41. The quantitative estimate of drug-likeness (QED) is 0.410. The number of ether oxygens (including phenoxy) is 4. The summed E-state index contributed by atoms with van der Waals surface area (Å²) < 4.78 is 84.6. The number of carboxylic acid groups (broad SMARTS) is 1. The molecule has 0 bridgehead atoms. The Bertz CT molecular complexity index is 1130. The van der Waals surface area contributed by atoms with E-state index < -0.39 is 56.0 Å². The molecule has 2 amide bonds. The van der Waals surface area contributed by atoms with Crippen molar-refractivity contribution in [3.8, 4) is 17.6 Å². The molecule has 2 aromatic rings. The highest BCUT2D eigenvalue weighted by molar-refractivity contribution is 5.95. The van der Waals surface area contributed by atoms with E-state index in [1.54, 1.807) is 0 Å². The average Bonchev–Trinajstić information content (AvgIpc) is 3.37. The van der Waals surface area contributed by atoms with Crippen LogP contribution in [-0.4, -0.2) is 70.7 Å². The smallest absolute Gasteiger partial charge is 0.465 e. The van der Waals surface area contributed by atoms with Gasteiger partial charge in [0.05, 0.1) is 6.61 Å². The van der Waals surface area contributed by atoms with Gasteiger partial charge in [0, 0.05) is 18.2 Å². The van der Waals surface area contributed by atoms with E-state index in [-0.39, 0.29) is 42.3 Å². The number of likely N-dealkylation sites (tertiary alicyclic amines) is 1. The molecule has 2 aliphatic rings. The molecular formula is C19H17F5N4O8. The number of amides is 2. The van der Waals surface area contributed by atoms with Crippen molar-refractivity contribution < 1.29 is 60.0 Å². The minimum absolute atomic E-state index is 0.00718. The van der Waals surface area contributed by atoms with Crippen molar-refractivity contribution >= 4 is 12.0 Å². The molecule has 196 valence electrons. The third-order valence-electron chi connectivity index (χ3n) is 5.11. The topological polar surface area (TPSA) is 145 Å². The fraction of sp³-hybridized carbons (Fsp3) is 0.474. The van der Waals surface area contributed by atoms with Gasteiger partial charge in [-0.3, -0.25) is 14.4 Å². The summed E-state index contributed by atoms with van der Waals surface area (Å²) in [7, 11) is 0. The molecule has 0 unspecified atom stereocenters. The number of carbonyl (C=O) groups excluding carboxylic acids is 1. The summed E-state index contributed by atoms with van der Waals surface area (Å²) in [6.07, 6.45) is -10.1. The third kappa shape index (κ3) is 6.02. The molecule has 1 saturated heterocycles. The number of benzene rings is 1. The van der Waals surface area contributed by atoms with Crippen LogP contribution in [-0.2, 0) is 4.74 Å². The third-order valence-corrected chi connectivity index (χ3v) is 5.11. The predicted molar refractivity (Wildman–Crippen MR) is 102 cm³/mol. The first-order valence-corrected chi connectivity index (χ1v) is 10.3. The van der Waals surface area contributed by atoms with Crippen LogP contribution in [0.5, 0.6) is 17.6 Å². The van der Waals surface area contributed by atoms with Gasteiger partial charge in [0.2, 0.25) is 5.89 Å². The molecule has 17 heteroatoms. The van der Waals surface area contributed by atoms with Gasteiger partial charge < -0.3 is 29.1 Å². The Balaban J connectivity index is 1.34. The molecule has 12 nitrogen and oxygen atoms in total. The molecule has 2 N–H and O–H groups in total. The molecule has 0 aliphatic carbocycles. The number of alkyl halides is 5. The van der Waals surface area contributed by atoms with Crippen LogP contribution >= 0.6 is 0 Å². The number of piperidine rings is 1. The molecule has 0 spiro atoms. The summed E-state index contributed by atoms with van der Waals surface area (Å²) in [5.41, 5.74) is -0.00718. The number of carbonyl (C=O) groups is 2. The van der Waals surface area contributed by atoms with Crippen LogP contribution in [0.2, 0.25) is 0 Å². The Morgan fingerprint density at radius 2 is 1.92 bits per heavy atom. The van der Waals surface area contributed by atoms with E-state index in [1.807, 2.05) is 0 Å². The van der Waals surface area contributed by atoms with Crippen LogP contribution in [0.4, 0.5) is 26.7 Å². The number of hydrogen-bond acceptors (Lipinski definition) is 9. The highest BCUT2D eigenvalue weighted by atomic mass is 19.4. The monoisotopic (exact) mass is 524 g/mol. The fourth-order valence-electron chi connectivity index (χ4n) is 3.62. The summed E-state index contributed by atoms with van der Waals surface area (Å²) >= 11 is 0. The lowest BCUT2D eigenvalue weighted by Crippen LogP contribution is -2.50. The van der Waals surface area contributed by atoms with E-state index in [4.69, 9.17) is 9.15 Å². The van der Waals surface area contributed by atoms with Crippen molar-refractivity contribution in [1.82, 2.24) is 20.4 Å². The molecule has 2 aliphatic heterocycles. The van der Waals surface area contributed by atoms with Gasteiger partial charge in [-0.1, -0.05) is 5.10 Å². The first-order valence-electron chi connectivity index (χ1n) is 10.3. The molecule has 0 radical (unpaired) electrons. The number of nitrogens with zero attached hydrogens (tertiary/aromatic N) is 3. The van der Waals surface area contributed by atoms with Crippen LogP contribution in [0.25, 0.3) is 0 Å². The van der Waals surface area contributed by atoms with Gasteiger partial charge in [-0.25, -0.2) is 4.79 Å². The number of nitrogens with one attached hydrogen (secondary N) is 1. The lowest BCUT2D eigenvalue weighted by Gasteiger charge is -2.36. The second-order valence-electron chi connectivity index (χ2n) is 7.58. The predicted octanol–water partition coefficient (Wildman–Crippen LogP) is 2.92. The molecule has 2 atom stereocenters. The van der Waals surface area contributed by atoms with Crippen molar-refractivity contribution in [3.63, 3.8) is 0 Å². The first-order chi connectivity index (χ1) is 16.9. The Hall–Kier alpha value is -3.89. The number of rotatable bonds is 7. The summed E-state index contributed by atoms with van der Waals surface area (Å²) in [5, 5.41) is 19.5. The summed E-state index contributed by atoms with van der Waals surface area (Å²) in [6, 6.07) is 1.93. The highest BCUT2D eigenvalue weighted by Gasteiger charge is 2.44. The van der Waals surface area contributed by atoms with E-state index in [9.17, 15) is 36.6 Å². The van der Waals surface area contributed by atoms with Crippen LogP contribution in [0.3, 0.4) is 0 Å². The largest absolute Gasteiger partial charge is 0.586 e. The van der Waals surface area contributed by atoms with Crippen molar-refractivity contribution in [2.24, 2.45) is 0 Å².